The highest BCUT2D eigenvalue weighted by atomic mass is 32.1. The number of anilines is 2. The number of likely N-dealkylation sites (tertiary alicyclic amines) is 1. The third kappa shape index (κ3) is 5.69. The van der Waals surface area contributed by atoms with Gasteiger partial charge in [-0.05, 0) is 45.7 Å². The fourth-order valence-corrected chi connectivity index (χ4v) is 4.16. The van der Waals surface area contributed by atoms with Crippen LogP contribution in [0.2, 0.25) is 0 Å². The summed E-state index contributed by atoms with van der Waals surface area (Å²) in [5.74, 6) is -3.24. The molecule has 170 valence electrons. The number of carbonyl (C=O) groups is 1. The van der Waals surface area contributed by atoms with Crippen molar-refractivity contribution in [2.24, 2.45) is 0 Å². The Labute approximate surface area is 184 Å². The number of halogens is 2. The highest BCUT2D eigenvalue weighted by Crippen LogP contribution is 2.33. The average molecular weight is 455 g/mol. The van der Waals surface area contributed by atoms with Crippen LogP contribution in [0.4, 0.5) is 19.7 Å². The van der Waals surface area contributed by atoms with E-state index in [9.17, 15) is 13.6 Å². The maximum Gasteiger partial charge on any atom is 0.213 e. The minimum atomic E-state index is -1.27. The van der Waals surface area contributed by atoms with E-state index in [1.165, 1.54) is 13.2 Å². The summed E-state index contributed by atoms with van der Waals surface area (Å²) in [6, 6.07) is 2.28. The van der Waals surface area contributed by atoms with Gasteiger partial charge < -0.3 is 20.5 Å². The Hall–Kier alpha value is -2.30. The molecule has 3 N–H and O–H groups in total. The molecule has 0 atom stereocenters. The van der Waals surface area contributed by atoms with E-state index in [4.69, 9.17) is 15.2 Å². The van der Waals surface area contributed by atoms with Crippen LogP contribution >= 0.6 is 11.3 Å². The maximum atomic E-state index is 14.3. The number of piperidine rings is 1. The summed E-state index contributed by atoms with van der Waals surface area (Å²) in [5.41, 5.74) is 5.25. The number of methoxy groups -OCH3 is 1. The van der Waals surface area contributed by atoms with Crippen LogP contribution in [0.15, 0.2) is 12.1 Å². The van der Waals surface area contributed by atoms with Crippen molar-refractivity contribution in [3.8, 4) is 5.75 Å². The first-order chi connectivity index (χ1) is 14.6. The number of hydrogen-bond donors (Lipinski definition) is 2. The number of thiazole rings is 1. The molecule has 1 fully saturated rings. The topological polar surface area (TPSA) is 89.7 Å². The van der Waals surface area contributed by atoms with Gasteiger partial charge in [-0.25, -0.2) is 13.8 Å². The van der Waals surface area contributed by atoms with Gasteiger partial charge in [0, 0.05) is 19.1 Å². The van der Waals surface area contributed by atoms with Gasteiger partial charge >= 0.3 is 0 Å². The van der Waals surface area contributed by atoms with Gasteiger partial charge in [-0.2, -0.15) is 0 Å². The molecule has 0 aliphatic carbocycles. The van der Waals surface area contributed by atoms with Crippen molar-refractivity contribution in [3.63, 3.8) is 0 Å². The Morgan fingerprint density at radius 2 is 2.00 bits per heavy atom. The molecule has 31 heavy (non-hydrogen) atoms. The van der Waals surface area contributed by atoms with Crippen LogP contribution in [0.5, 0.6) is 5.75 Å². The van der Waals surface area contributed by atoms with Crippen molar-refractivity contribution in [1.29, 1.82) is 0 Å². The van der Waals surface area contributed by atoms with Crippen molar-refractivity contribution >= 4 is 28.1 Å². The van der Waals surface area contributed by atoms with Gasteiger partial charge in [-0.15, -0.1) is 0 Å². The lowest BCUT2D eigenvalue weighted by Gasteiger charge is -2.33. The Balaban J connectivity index is 1.66. The van der Waals surface area contributed by atoms with Gasteiger partial charge in [0.15, 0.2) is 16.8 Å². The van der Waals surface area contributed by atoms with E-state index in [0.717, 1.165) is 43.3 Å². The van der Waals surface area contributed by atoms with E-state index in [1.54, 1.807) is 0 Å². The highest BCUT2D eigenvalue weighted by molar-refractivity contribution is 7.18. The summed E-state index contributed by atoms with van der Waals surface area (Å²) >= 11 is 1.02. The molecule has 1 aliphatic heterocycles. The Kier molecular flexibility index (Phi) is 7.13. The fourth-order valence-electron chi connectivity index (χ4n) is 3.25. The van der Waals surface area contributed by atoms with Crippen LogP contribution < -0.4 is 15.8 Å². The molecule has 2 heterocycles. The predicted octanol–water partition coefficient (Wildman–Crippen LogP) is 3.89. The first-order valence-corrected chi connectivity index (χ1v) is 10.9. The molecule has 0 radical (unpaired) electrons. The van der Waals surface area contributed by atoms with Gasteiger partial charge in [-0.3, -0.25) is 9.69 Å². The van der Waals surface area contributed by atoms with E-state index in [1.807, 2.05) is 20.8 Å². The number of rotatable bonds is 7. The molecule has 0 amide bonds. The van der Waals surface area contributed by atoms with Crippen LogP contribution in [0.1, 0.15) is 48.8 Å². The van der Waals surface area contributed by atoms with Crippen LogP contribution in [0.25, 0.3) is 0 Å². The van der Waals surface area contributed by atoms with E-state index in [-0.39, 0.29) is 28.1 Å². The molecule has 0 bridgehead atoms. The number of nitrogens with one attached hydrogen (secondary N) is 1. The SMILES string of the molecule is COc1ccc(F)c(F)c1C(=O)c1sc(NC2CCN(COC(C)(C)C)CC2)nc1N. The van der Waals surface area contributed by atoms with Crippen molar-refractivity contribution in [2.45, 2.75) is 45.3 Å². The first-order valence-electron chi connectivity index (χ1n) is 10.0. The van der Waals surface area contributed by atoms with Crippen molar-refractivity contribution < 1.29 is 23.0 Å². The second-order valence-electron chi connectivity index (χ2n) is 8.42. The number of ketones is 1. The smallest absolute Gasteiger partial charge is 0.213 e. The molecule has 1 aromatic heterocycles. The molecule has 10 heteroatoms. The normalized spacial score (nSPS) is 15.8. The number of nitrogen functional groups attached to an aromatic ring is 1. The molecular formula is C21H28F2N4O3S. The minimum Gasteiger partial charge on any atom is -0.496 e. The molecule has 1 aromatic carbocycles. The lowest BCUT2D eigenvalue weighted by Crippen LogP contribution is -2.41. The van der Waals surface area contributed by atoms with Gasteiger partial charge in [0.05, 0.1) is 19.4 Å². The molecular weight excluding hydrogens is 426 g/mol. The van der Waals surface area contributed by atoms with Gasteiger partial charge in [0.1, 0.15) is 22.0 Å². The number of carbonyl (C=O) groups excluding carboxylic acids is 1. The lowest BCUT2D eigenvalue weighted by molar-refractivity contribution is -0.0683. The summed E-state index contributed by atoms with van der Waals surface area (Å²) in [6.07, 6.45) is 1.76. The van der Waals surface area contributed by atoms with Crippen LogP contribution in [0, 0.1) is 11.6 Å². The zero-order valence-corrected chi connectivity index (χ0v) is 18.9. The Morgan fingerprint density at radius 1 is 1.32 bits per heavy atom. The predicted molar refractivity (Wildman–Crippen MR) is 117 cm³/mol. The summed E-state index contributed by atoms with van der Waals surface area (Å²) in [4.78, 5) is 19.4. The average Bonchev–Trinajstić information content (AvgIpc) is 3.08. The molecule has 1 aliphatic rings. The summed E-state index contributed by atoms with van der Waals surface area (Å²) < 4.78 is 38.8. The Morgan fingerprint density at radius 3 is 2.61 bits per heavy atom. The van der Waals surface area contributed by atoms with Crippen molar-refractivity contribution in [1.82, 2.24) is 9.88 Å². The van der Waals surface area contributed by atoms with Crippen LogP contribution in [-0.4, -0.2) is 54.2 Å². The number of benzene rings is 1. The lowest BCUT2D eigenvalue weighted by atomic mass is 10.1. The third-order valence-electron chi connectivity index (χ3n) is 4.96. The fraction of sp³-hybridized carbons (Fsp3) is 0.524. The van der Waals surface area contributed by atoms with Gasteiger partial charge in [0.25, 0.3) is 0 Å². The van der Waals surface area contributed by atoms with Crippen molar-refractivity contribution in [3.05, 3.63) is 34.2 Å². The summed E-state index contributed by atoms with van der Waals surface area (Å²) in [6.45, 7) is 8.40. The summed E-state index contributed by atoms with van der Waals surface area (Å²) in [5, 5.41) is 3.78. The quantitative estimate of drug-likeness (QED) is 0.614. The zero-order chi connectivity index (χ0) is 22.8. The number of hydrogen-bond acceptors (Lipinski definition) is 8. The molecule has 1 saturated heterocycles. The largest absolute Gasteiger partial charge is 0.496 e. The van der Waals surface area contributed by atoms with E-state index in [2.05, 4.69) is 15.2 Å². The molecule has 2 aromatic rings. The molecule has 0 spiro atoms. The minimum absolute atomic E-state index is 0.0285. The third-order valence-corrected chi connectivity index (χ3v) is 5.96. The number of aromatic nitrogens is 1. The van der Waals surface area contributed by atoms with E-state index >= 15 is 0 Å². The number of nitrogens with two attached hydrogens (primary N) is 1. The van der Waals surface area contributed by atoms with Gasteiger partial charge in [-0.1, -0.05) is 11.3 Å². The second kappa shape index (κ2) is 9.46. The van der Waals surface area contributed by atoms with E-state index < -0.39 is 23.0 Å². The Bertz CT molecular complexity index is 937. The maximum absolute atomic E-state index is 14.3. The first kappa shape index (κ1) is 23.4. The monoisotopic (exact) mass is 454 g/mol. The molecule has 3 rings (SSSR count). The molecule has 7 nitrogen and oxygen atoms in total. The van der Waals surface area contributed by atoms with Crippen molar-refractivity contribution in [2.75, 3.05) is 38.0 Å². The zero-order valence-electron chi connectivity index (χ0n) is 18.1. The van der Waals surface area contributed by atoms with Gasteiger partial charge in [0.2, 0.25) is 5.78 Å². The molecule has 0 saturated carbocycles. The molecule has 0 unspecified atom stereocenters. The second-order valence-corrected chi connectivity index (χ2v) is 9.42. The van der Waals surface area contributed by atoms with E-state index in [0.29, 0.717) is 11.9 Å². The van der Waals surface area contributed by atoms with Crippen LogP contribution in [-0.2, 0) is 4.74 Å². The highest BCUT2D eigenvalue weighted by Gasteiger charge is 2.28. The van der Waals surface area contributed by atoms with Crippen LogP contribution in [0.3, 0.4) is 0 Å². The standard InChI is InChI=1S/C21H28F2N4O3S/c1-21(2,3)30-11-27-9-7-12(8-10-27)25-20-26-19(24)18(31-20)17(28)15-14(29-4)6-5-13(22)16(15)23/h5-6,12H,7-11,24H2,1-4H3,(H,25,26). The number of ether oxygens (including phenoxy) is 2. The number of nitrogens with zero attached hydrogens (tertiary/aromatic N) is 2. The summed E-state index contributed by atoms with van der Waals surface area (Å²) in [7, 11) is 1.28.